The number of nitrogens with one attached hydrogen (secondary N) is 1. The molecule has 4 heteroatoms. The highest BCUT2D eigenvalue weighted by molar-refractivity contribution is 5.75. The number of amides is 1. The summed E-state index contributed by atoms with van der Waals surface area (Å²) in [4.78, 5) is 11.8. The van der Waals surface area contributed by atoms with Crippen molar-refractivity contribution < 1.29 is 15.0 Å². The van der Waals surface area contributed by atoms with Crippen molar-refractivity contribution in [1.29, 1.82) is 0 Å². The number of aryl methyl sites for hydroxylation is 1. The van der Waals surface area contributed by atoms with Gasteiger partial charge in [0.2, 0.25) is 5.91 Å². The normalized spacial score (nSPS) is 11.9. The van der Waals surface area contributed by atoms with Crippen LogP contribution in [0.2, 0.25) is 0 Å². The van der Waals surface area contributed by atoms with Gasteiger partial charge in [-0.25, -0.2) is 0 Å². The Morgan fingerprint density at radius 1 is 1.17 bits per heavy atom. The number of phenols is 1. The number of carbonyl (C=O) groups is 1. The number of benzene rings is 2. The quantitative estimate of drug-likeness (QED) is 0.697. The molecule has 2 rings (SSSR count). The van der Waals surface area contributed by atoms with E-state index in [4.69, 9.17) is 0 Å². The van der Waals surface area contributed by atoms with E-state index in [-0.39, 0.29) is 11.7 Å². The molecule has 0 bridgehead atoms. The second kappa shape index (κ2) is 9.08. The van der Waals surface area contributed by atoms with Crippen LogP contribution in [0.1, 0.15) is 42.1 Å². The van der Waals surface area contributed by atoms with E-state index in [0.29, 0.717) is 32.2 Å². The first kappa shape index (κ1) is 18.0. The van der Waals surface area contributed by atoms with Crippen LogP contribution in [-0.2, 0) is 11.2 Å². The van der Waals surface area contributed by atoms with Crippen LogP contribution in [0.25, 0.3) is 0 Å². The van der Waals surface area contributed by atoms with Crippen molar-refractivity contribution in [2.24, 2.45) is 0 Å². The summed E-state index contributed by atoms with van der Waals surface area (Å²) in [5.74, 6) is 0.278. The van der Waals surface area contributed by atoms with Gasteiger partial charge >= 0.3 is 0 Å². The number of aliphatic hydroxyl groups is 1. The van der Waals surface area contributed by atoms with Gasteiger partial charge in [-0.3, -0.25) is 4.79 Å². The molecule has 2 aromatic carbocycles. The third-order valence-electron chi connectivity index (χ3n) is 4.08. The van der Waals surface area contributed by atoms with Gasteiger partial charge in [0.1, 0.15) is 5.75 Å². The Bertz CT molecular complexity index is 655. The fraction of sp³-hybridized carbons (Fsp3) is 0.350. The maximum atomic E-state index is 11.8. The van der Waals surface area contributed by atoms with Crippen molar-refractivity contribution >= 4 is 5.91 Å². The molecule has 0 saturated carbocycles. The molecule has 3 N–H and O–H groups in total. The lowest BCUT2D eigenvalue weighted by atomic mass is 10.0. The minimum atomic E-state index is -0.519. The average molecular weight is 327 g/mol. The maximum absolute atomic E-state index is 11.8. The Balaban J connectivity index is 1.64. The van der Waals surface area contributed by atoms with E-state index < -0.39 is 6.10 Å². The second-order valence-electron chi connectivity index (χ2n) is 6.04. The predicted octanol–water partition coefficient (Wildman–Crippen LogP) is 3.26. The fourth-order valence-corrected chi connectivity index (χ4v) is 2.54. The molecule has 2 aromatic rings. The zero-order valence-electron chi connectivity index (χ0n) is 14.0. The van der Waals surface area contributed by atoms with E-state index in [0.717, 1.165) is 16.7 Å². The van der Waals surface area contributed by atoms with E-state index >= 15 is 0 Å². The summed E-state index contributed by atoms with van der Waals surface area (Å²) in [6, 6.07) is 15.1. The summed E-state index contributed by atoms with van der Waals surface area (Å²) in [6.07, 6.45) is 1.79. The van der Waals surface area contributed by atoms with Crippen molar-refractivity contribution in [3.63, 3.8) is 0 Å². The largest absolute Gasteiger partial charge is 0.508 e. The topological polar surface area (TPSA) is 69.6 Å². The average Bonchev–Trinajstić information content (AvgIpc) is 2.59. The lowest BCUT2D eigenvalue weighted by molar-refractivity contribution is -0.121. The van der Waals surface area contributed by atoms with E-state index in [2.05, 4.69) is 5.32 Å². The fourth-order valence-electron chi connectivity index (χ4n) is 2.54. The molecule has 0 spiro atoms. The highest BCUT2D eigenvalue weighted by atomic mass is 16.3. The van der Waals surface area contributed by atoms with Crippen molar-refractivity contribution in [2.75, 3.05) is 6.54 Å². The van der Waals surface area contributed by atoms with Crippen molar-refractivity contribution in [2.45, 2.75) is 38.7 Å². The Kier molecular flexibility index (Phi) is 6.82. The zero-order valence-corrected chi connectivity index (χ0v) is 14.0. The number of phenolic OH excluding ortho intramolecular Hbond substituents is 1. The van der Waals surface area contributed by atoms with Crippen LogP contribution in [0, 0.1) is 6.92 Å². The number of hydrogen-bond acceptors (Lipinski definition) is 3. The van der Waals surface area contributed by atoms with Crippen molar-refractivity contribution in [1.82, 2.24) is 5.32 Å². The highest BCUT2D eigenvalue weighted by Crippen LogP contribution is 2.19. The molecule has 0 heterocycles. The molecule has 24 heavy (non-hydrogen) atoms. The summed E-state index contributed by atoms with van der Waals surface area (Å²) >= 11 is 0. The van der Waals surface area contributed by atoms with Gasteiger partial charge in [-0.05, 0) is 48.9 Å². The van der Waals surface area contributed by atoms with Crippen LogP contribution in [-0.4, -0.2) is 22.7 Å². The maximum Gasteiger partial charge on any atom is 0.220 e. The summed E-state index contributed by atoms with van der Waals surface area (Å²) < 4.78 is 0. The Hall–Kier alpha value is -2.33. The van der Waals surface area contributed by atoms with E-state index in [9.17, 15) is 15.0 Å². The predicted molar refractivity (Wildman–Crippen MR) is 94.8 cm³/mol. The molecule has 4 nitrogen and oxygen atoms in total. The van der Waals surface area contributed by atoms with Crippen LogP contribution in [0.15, 0.2) is 48.5 Å². The Morgan fingerprint density at radius 2 is 1.92 bits per heavy atom. The summed E-state index contributed by atoms with van der Waals surface area (Å²) in [7, 11) is 0. The third-order valence-corrected chi connectivity index (χ3v) is 4.08. The van der Waals surface area contributed by atoms with Gasteiger partial charge in [0.15, 0.2) is 0 Å². The second-order valence-corrected chi connectivity index (χ2v) is 6.04. The standard InChI is InChI=1S/C20H25NO3/c1-15-10-11-16(14-19(15)23)12-13-21-20(24)9-5-8-18(22)17-6-3-2-4-7-17/h2-4,6-7,10-11,14,18,22-23H,5,8-9,12-13H2,1H3,(H,21,24). The summed E-state index contributed by atoms with van der Waals surface area (Å²) in [5.41, 5.74) is 2.73. The first-order valence-corrected chi connectivity index (χ1v) is 8.34. The summed E-state index contributed by atoms with van der Waals surface area (Å²) in [6.45, 7) is 2.40. The zero-order chi connectivity index (χ0) is 17.4. The van der Waals surface area contributed by atoms with Crippen LogP contribution in [0.4, 0.5) is 0 Å². The molecular weight excluding hydrogens is 302 g/mol. The monoisotopic (exact) mass is 327 g/mol. The lowest BCUT2D eigenvalue weighted by Crippen LogP contribution is -2.25. The van der Waals surface area contributed by atoms with Gasteiger partial charge in [0, 0.05) is 13.0 Å². The SMILES string of the molecule is Cc1ccc(CCNC(=O)CCCC(O)c2ccccc2)cc1O. The van der Waals surface area contributed by atoms with Gasteiger partial charge in [-0.2, -0.15) is 0 Å². The first-order valence-electron chi connectivity index (χ1n) is 8.34. The molecule has 0 fully saturated rings. The van der Waals surface area contributed by atoms with Gasteiger partial charge in [0.05, 0.1) is 6.10 Å². The van der Waals surface area contributed by atoms with E-state index in [1.54, 1.807) is 6.07 Å². The molecule has 0 aliphatic heterocycles. The van der Waals surface area contributed by atoms with Crippen LogP contribution >= 0.6 is 0 Å². The number of carbonyl (C=O) groups excluding carboxylic acids is 1. The number of aliphatic hydroxyl groups excluding tert-OH is 1. The van der Waals surface area contributed by atoms with Gasteiger partial charge in [0.25, 0.3) is 0 Å². The minimum absolute atomic E-state index is 0.00778. The van der Waals surface area contributed by atoms with Gasteiger partial charge in [-0.1, -0.05) is 42.5 Å². The van der Waals surface area contributed by atoms with Crippen LogP contribution in [0.3, 0.4) is 0 Å². The summed E-state index contributed by atoms with van der Waals surface area (Å²) in [5, 5.41) is 22.6. The number of hydrogen-bond donors (Lipinski definition) is 3. The Labute approximate surface area is 143 Å². The molecule has 0 aliphatic rings. The molecule has 0 aliphatic carbocycles. The number of aromatic hydroxyl groups is 1. The van der Waals surface area contributed by atoms with Gasteiger partial charge < -0.3 is 15.5 Å². The molecule has 0 saturated heterocycles. The smallest absolute Gasteiger partial charge is 0.220 e. The highest BCUT2D eigenvalue weighted by Gasteiger charge is 2.08. The Morgan fingerprint density at radius 3 is 2.62 bits per heavy atom. The molecule has 0 radical (unpaired) electrons. The lowest BCUT2D eigenvalue weighted by Gasteiger charge is -2.11. The van der Waals surface area contributed by atoms with Crippen molar-refractivity contribution in [3.05, 3.63) is 65.2 Å². The molecule has 1 atom stereocenters. The van der Waals surface area contributed by atoms with Gasteiger partial charge in [-0.15, -0.1) is 0 Å². The first-order chi connectivity index (χ1) is 11.6. The molecule has 1 amide bonds. The van der Waals surface area contributed by atoms with Crippen molar-refractivity contribution in [3.8, 4) is 5.75 Å². The van der Waals surface area contributed by atoms with E-state index in [1.807, 2.05) is 49.4 Å². The molecule has 1 unspecified atom stereocenters. The van der Waals surface area contributed by atoms with Crippen LogP contribution < -0.4 is 5.32 Å². The number of rotatable bonds is 8. The molecular formula is C20H25NO3. The minimum Gasteiger partial charge on any atom is -0.508 e. The molecule has 128 valence electrons. The third kappa shape index (κ3) is 5.70. The van der Waals surface area contributed by atoms with Crippen LogP contribution in [0.5, 0.6) is 5.75 Å². The van der Waals surface area contributed by atoms with E-state index in [1.165, 1.54) is 0 Å². The molecule has 0 aromatic heterocycles.